The molecule has 0 spiro atoms. The summed E-state index contributed by atoms with van der Waals surface area (Å²) in [5, 5.41) is 15.9. The number of H-pyrrole nitrogens is 1. The van der Waals surface area contributed by atoms with E-state index < -0.39 is 0 Å². The Labute approximate surface area is 125 Å². The average molecular weight is 304 g/mol. The molecule has 9 heteroatoms. The molecule has 0 unspecified atom stereocenters. The molecule has 3 aromatic heterocycles. The highest BCUT2D eigenvalue weighted by molar-refractivity contribution is 7.98. The Morgan fingerprint density at radius 3 is 3.05 bits per heavy atom. The van der Waals surface area contributed by atoms with Crippen molar-refractivity contribution in [2.75, 3.05) is 11.9 Å². The number of fused-ring (bicyclic) bond motifs is 1. The minimum atomic E-state index is 0.622. The molecule has 3 heterocycles. The summed E-state index contributed by atoms with van der Waals surface area (Å²) < 4.78 is 1.76. The van der Waals surface area contributed by atoms with Crippen LogP contribution in [0.15, 0.2) is 17.7 Å². The van der Waals surface area contributed by atoms with E-state index in [-0.39, 0.29) is 0 Å². The molecule has 8 nitrogen and oxygen atoms in total. The maximum absolute atomic E-state index is 4.59. The van der Waals surface area contributed by atoms with Crippen molar-refractivity contribution in [3.05, 3.63) is 18.3 Å². The largest absolute Gasteiger partial charge is 0.369 e. The molecule has 110 valence electrons. The highest BCUT2D eigenvalue weighted by Crippen LogP contribution is 2.22. The van der Waals surface area contributed by atoms with Gasteiger partial charge in [0, 0.05) is 13.6 Å². The first kappa shape index (κ1) is 13.8. The molecule has 0 amide bonds. The van der Waals surface area contributed by atoms with E-state index in [9.17, 15) is 0 Å². The van der Waals surface area contributed by atoms with Gasteiger partial charge in [0.2, 0.25) is 0 Å². The summed E-state index contributed by atoms with van der Waals surface area (Å²) in [5.41, 5.74) is 0.830. The zero-order chi connectivity index (χ0) is 14.7. The van der Waals surface area contributed by atoms with Crippen molar-refractivity contribution < 1.29 is 0 Å². The van der Waals surface area contributed by atoms with Crippen LogP contribution in [0.4, 0.5) is 5.82 Å². The molecular weight excluding hydrogens is 288 g/mol. The van der Waals surface area contributed by atoms with Crippen LogP contribution >= 0.6 is 11.8 Å². The predicted molar refractivity (Wildman–Crippen MR) is 81.0 cm³/mol. The molecule has 0 aliphatic carbocycles. The van der Waals surface area contributed by atoms with E-state index in [1.165, 1.54) is 18.1 Å². The zero-order valence-electron chi connectivity index (χ0n) is 11.9. The van der Waals surface area contributed by atoms with Crippen LogP contribution in [0, 0.1) is 0 Å². The number of hydrogen-bond donors (Lipinski definition) is 2. The van der Waals surface area contributed by atoms with Gasteiger partial charge >= 0.3 is 0 Å². The van der Waals surface area contributed by atoms with Crippen LogP contribution in [-0.2, 0) is 12.8 Å². The summed E-state index contributed by atoms with van der Waals surface area (Å²) in [7, 11) is 1.88. The van der Waals surface area contributed by atoms with Crippen molar-refractivity contribution >= 4 is 28.6 Å². The number of thioether (sulfide) groups is 1. The Morgan fingerprint density at radius 2 is 2.29 bits per heavy atom. The Balaban J connectivity index is 1.88. The molecule has 0 atom stereocenters. The number of aromatic nitrogens is 7. The third kappa shape index (κ3) is 2.97. The van der Waals surface area contributed by atoms with Gasteiger partial charge < -0.3 is 5.32 Å². The van der Waals surface area contributed by atoms with E-state index >= 15 is 0 Å². The SMILES string of the molecule is CCCNc1nc(CSc2ncn[nH]2)nc2c1cnn2C. The van der Waals surface area contributed by atoms with Crippen LogP contribution in [0.2, 0.25) is 0 Å². The van der Waals surface area contributed by atoms with Crippen LogP contribution in [-0.4, -0.2) is 41.5 Å². The number of anilines is 1. The Hall–Kier alpha value is -2.16. The average Bonchev–Trinajstić information content (AvgIpc) is 3.13. The molecule has 3 aromatic rings. The van der Waals surface area contributed by atoms with Gasteiger partial charge in [-0.1, -0.05) is 18.7 Å². The second-order valence-electron chi connectivity index (χ2n) is 4.50. The van der Waals surface area contributed by atoms with E-state index in [0.29, 0.717) is 5.75 Å². The quantitative estimate of drug-likeness (QED) is 0.667. The van der Waals surface area contributed by atoms with E-state index in [4.69, 9.17) is 0 Å². The lowest BCUT2D eigenvalue weighted by molar-refractivity contribution is 0.782. The van der Waals surface area contributed by atoms with Crippen molar-refractivity contribution in [3.63, 3.8) is 0 Å². The fourth-order valence-electron chi connectivity index (χ4n) is 1.91. The lowest BCUT2D eigenvalue weighted by Crippen LogP contribution is -2.06. The number of aromatic amines is 1. The molecule has 0 bridgehead atoms. The first-order valence-electron chi connectivity index (χ1n) is 6.68. The Morgan fingerprint density at radius 1 is 1.38 bits per heavy atom. The number of rotatable bonds is 6. The maximum atomic E-state index is 4.59. The van der Waals surface area contributed by atoms with Crippen LogP contribution < -0.4 is 5.32 Å². The third-order valence-corrected chi connectivity index (χ3v) is 3.78. The predicted octanol–water partition coefficient (Wildman–Crippen LogP) is 1.60. The summed E-state index contributed by atoms with van der Waals surface area (Å²) in [6, 6.07) is 0. The molecule has 0 saturated carbocycles. The van der Waals surface area contributed by atoms with Gasteiger partial charge in [-0.05, 0) is 6.42 Å². The Kier molecular flexibility index (Phi) is 4.00. The van der Waals surface area contributed by atoms with Crippen LogP contribution in [0.3, 0.4) is 0 Å². The number of nitrogens with one attached hydrogen (secondary N) is 2. The minimum Gasteiger partial charge on any atom is -0.369 e. The zero-order valence-corrected chi connectivity index (χ0v) is 12.7. The van der Waals surface area contributed by atoms with Gasteiger partial charge in [0.25, 0.3) is 0 Å². The molecule has 3 rings (SSSR count). The van der Waals surface area contributed by atoms with Gasteiger partial charge in [-0.2, -0.15) is 10.2 Å². The summed E-state index contributed by atoms with van der Waals surface area (Å²) in [5.74, 6) is 2.20. The summed E-state index contributed by atoms with van der Waals surface area (Å²) in [6.07, 6.45) is 4.32. The van der Waals surface area contributed by atoms with Gasteiger partial charge in [-0.15, -0.1) is 0 Å². The van der Waals surface area contributed by atoms with Gasteiger partial charge in [-0.3, -0.25) is 9.78 Å². The molecule has 0 saturated heterocycles. The molecule has 0 radical (unpaired) electrons. The van der Waals surface area contributed by atoms with Crippen molar-refractivity contribution in [1.82, 2.24) is 34.9 Å². The van der Waals surface area contributed by atoms with Crippen LogP contribution in [0.1, 0.15) is 19.2 Å². The molecule has 0 aliphatic rings. The Bertz CT molecular complexity index is 720. The summed E-state index contributed by atoms with van der Waals surface area (Å²) in [6.45, 7) is 2.99. The van der Waals surface area contributed by atoms with Crippen LogP contribution in [0.5, 0.6) is 0 Å². The van der Waals surface area contributed by atoms with E-state index in [1.54, 1.807) is 10.9 Å². The highest BCUT2D eigenvalue weighted by atomic mass is 32.2. The van der Waals surface area contributed by atoms with Gasteiger partial charge in [0.05, 0.1) is 17.3 Å². The van der Waals surface area contributed by atoms with E-state index in [1.807, 2.05) is 7.05 Å². The first-order valence-corrected chi connectivity index (χ1v) is 7.67. The van der Waals surface area contributed by atoms with Crippen LogP contribution in [0.25, 0.3) is 11.0 Å². The first-order chi connectivity index (χ1) is 10.3. The fourth-order valence-corrected chi connectivity index (χ4v) is 2.54. The second-order valence-corrected chi connectivity index (χ2v) is 5.46. The molecular formula is C12H16N8S. The number of aryl methyl sites for hydroxylation is 1. The third-order valence-electron chi connectivity index (χ3n) is 2.91. The minimum absolute atomic E-state index is 0.622. The topological polar surface area (TPSA) is 97.2 Å². The fraction of sp³-hybridized carbons (Fsp3) is 0.417. The summed E-state index contributed by atoms with van der Waals surface area (Å²) in [4.78, 5) is 13.2. The standard InChI is InChI=1S/C12H16N8S/c1-3-4-13-10-8-5-16-20(2)11(8)18-9(17-10)6-21-12-14-7-15-19-12/h5,7H,3-4,6H2,1-2H3,(H,13,17,18)(H,14,15,19). The monoisotopic (exact) mass is 304 g/mol. The highest BCUT2D eigenvalue weighted by Gasteiger charge is 2.11. The van der Waals surface area contributed by atoms with Gasteiger partial charge in [0.1, 0.15) is 18.0 Å². The van der Waals surface area contributed by atoms with E-state index in [0.717, 1.165) is 40.8 Å². The van der Waals surface area contributed by atoms with Gasteiger partial charge in [-0.25, -0.2) is 15.0 Å². The van der Waals surface area contributed by atoms with E-state index in [2.05, 4.69) is 42.5 Å². The van der Waals surface area contributed by atoms with Crippen molar-refractivity contribution in [1.29, 1.82) is 0 Å². The molecule has 0 aliphatic heterocycles. The lowest BCUT2D eigenvalue weighted by atomic mass is 10.3. The lowest BCUT2D eigenvalue weighted by Gasteiger charge is -2.07. The molecule has 2 N–H and O–H groups in total. The molecule has 0 fully saturated rings. The second kappa shape index (κ2) is 6.08. The molecule has 0 aromatic carbocycles. The van der Waals surface area contributed by atoms with Crippen molar-refractivity contribution in [2.24, 2.45) is 7.05 Å². The smallest absolute Gasteiger partial charge is 0.183 e. The maximum Gasteiger partial charge on any atom is 0.183 e. The normalized spacial score (nSPS) is 11.1. The van der Waals surface area contributed by atoms with Gasteiger partial charge in [0.15, 0.2) is 10.8 Å². The van der Waals surface area contributed by atoms with Crippen molar-refractivity contribution in [3.8, 4) is 0 Å². The number of hydrogen-bond acceptors (Lipinski definition) is 7. The van der Waals surface area contributed by atoms with Crippen molar-refractivity contribution in [2.45, 2.75) is 24.3 Å². The molecule has 21 heavy (non-hydrogen) atoms. The number of nitrogens with zero attached hydrogens (tertiary/aromatic N) is 6. The summed E-state index contributed by atoms with van der Waals surface area (Å²) >= 11 is 1.52.